The van der Waals surface area contributed by atoms with E-state index in [1.165, 1.54) is 16.9 Å². The van der Waals surface area contributed by atoms with E-state index >= 15 is 0 Å². The zero-order chi connectivity index (χ0) is 15.0. The summed E-state index contributed by atoms with van der Waals surface area (Å²) in [5.41, 5.74) is 0. The van der Waals surface area contributed by atoms with Gasteiger partial charge in [0, 0.05) is 35.8 Å². The highest BCUT2D eigenvalue weighted by atomic mass is 32.1. The summed E-state index contributed by atoms with van der Waals surface area (Å²) in [5.74, 6) is 0.477. The number of guanidine groups is 1. The van der Waals surface area contributed by atoms with E-state index in [2.05, 4.69) is 46.3 Å². The zero-order valence-electron chi connectivity index (χ0n) is 12.5. The number of nitrogens with zero attached hydrogens (tertiary/aromatic N) is 1. The number of rotatable bonds is 6. The van der Waals surface area contributed by atoms with Gasteiger partial charge in [-0.1, -0.05) is 0 Å². The Kier molecular flexibility index (Phi) is 7.08. The summed E-state index contributed by atoms with van der Waals surface area (Å²) in [6.45, 7) is 4.74. The maximum atomic E-state index is 11.0. The molecule has 0 amide bonds. The highest BCUT2D eigenvalue weighted by Gasteiger charge is 2.08. The molecule has 0 fully saturated rings. The van der Waals surface area contributed by atoms with Crippen LogP contribution in [0.5, 0.6) is 0 Å². The first-order valence-electron chi connectivity index (χ1n) is 6.64. The maximum Gasteiger partial charge on any atom is 0.307 e. The predicted molar refractivity (Wildman–Crippen MR) is 83.4 cm³/mol. The second-order valence-electron chi connectivity index (χ2n) is 4.59. The third kappa shape index (κ3) is 6.06. The number of hydrogen-bond acceptors (Lipinski definition) is 4. The van der Waals surface area contributed by atoms with Gasteiger partial charge in [-0.25, -0.2) is 0 Å². The van der Waals surface area contributed by atoms with E-state index in [1.54, 1.807) is 7.05 Å². The molecule has 0 aliphatic heterocycles. The van der Waals surface area contributed by atoms with Gasteiger partial charge >= 0.3 is 5.97 Å². The second kappa shape index (κ2) is 8.58. The van der Waals surface area contributed by atoms with Crippen LogP contribution in [0.1, 0.15) is 23.1 Å². The zero-order valence-corrected chi connectivity index (χ0v) is 13.3. The minimum atomic E-state index is -0.227. The fourth-order valence-corrected chi connectivity index (χ4v) is 2.78. The van der Waals surface area contributed by atoms with E-state index in [0.717, 1.165) is 6.42 Å². The molecule has 0 aromatic carbocycles. The molecule has 20 heavy (non-hydrogen) atoms. The Morgan fingerprint density at radius 2 is 2.25 bits per heavy atom. The Morgan fingerprint density at radius 1 is 1.50 bits per heavy atom. The number of aliphatic imine (C=N–C) groups is 1. The normalized spacial score (nSPS) is 12.9. The minimum Gasteiger partial charge on any atom is -0.469 e. The summed E-state index contributed by atoms with van der Waals surface area (Å²) in [7, 11) is 3.11. The average molecular weight is 297 g/mol. The number of carbonyl (C=O) groups excluding carboxylic acids is 1. The van der Waals surface area contributed by atoms with Crippen LogP contribution >= 0.6 is 11.3 Å². The summed E-state index contributed by atoms with van der Waals surface area (Å²) in [5, 5.41) is 6.41. The van der Waals surface area contributed by atoms with Crippen LogP contribution in [0, 0.1) is 6.92 Å². The van der Waals surface area contributed by atoms with Crippen molar-refractivity contribution in [3.8, 4) is 0 Å². The van der Waals surface area contributed by atoms with Gasteiger partial charge in [-0.2, -0.15) is 0 Å². The molecule has 1 aromatic rings. The van der Waals surface area contributed by atoms with E-state index in [0.29, 0.717) is 18.9 Å². The Labute approximate surface area is 124 Å². The van der Waals surface area contributed by atoms with Crippen molar-refractivity contribution in [2.24, 2.45) is 4.99 Å². The quantitative estimate of drug-likeness (QED) is 0.477. The van der Waals surface area contributed by atoms with Crippen molar-refractivity contribution in [2.75, 3.05) is 20.7 Å². The lowest BCUT2D eigenvalue weighted by Gasteiger charge is -2.17. The van der Waals surface area contributed by atoms with Crippen LogP contribution < -0.4 is 10.6 Å². The van der Waals surface area contributed by atoms with Crippen LogP contribution in [0.3, 0.4) is 0 Å². The van der Waals surface area contributed by atoms with Crippen molar-refractivity contribution in [3.63, 3.8) is 0 Å². The molecule has 112 valence electrons. The van der Waals surface area contributed by atoms with Crippen LogP contribution in [-0.2, 0) is 16.0 Å². The van der Waals surface area contributed by atoms with Crippen LogP contribution in [0.15, 0.2) is 17.1 Å². The highest BCUT2D eigenvalue weighted by molar-refractivity contribution is 7.11. The lowest BCUT2D eigenvalue weighted by molar-refractivity contribution is -0.140. The summed E-state index contributed by atoms with van der Waals surface area (Å²) < 4.78 is 4.59. The van der Waals surface area contributed by atoms with Crippen molar-refractivity contribution < 1.29 is 9.53 Å². The summed E-state index contributed by atoms with van der Waals surface area (Å²) >= 11 is 1.81. The molecule has 0 aliphatic carbocycles. The standard InChI is InChI=1S/C14H23N3O2S/c1-10(9-12-6-5-11(2)20-12)17-14(15-3)16-8-7-13(18)19-4/h5-6,10H,7-9H2,1-4H3,(H2,15,16,17). The fraction of sp³-hybridized carbons (Fsp3) is 0.571. The summed E-state index contributed by atoms with van der Waals surface area (Å²) in [6.07, 6.45) is 1.28. The minimum absolute atomic E-state index is 0.227. The van der Waals surface area contributed by atoms with Gasteiger partial charge in [0.05, 0.1) is 13.5 Å². The summed E-state index contributed by atoms with van der Waals surface area (Å²) in [4.78, 5) is 17.9. The van der Waals surface area contributed by atoms with E-state index in [-0.39, 0.29) is 12.0 Å². The molecule has 1 atom stereocenters. The van der Waals surface area contributed by atoms with Crippen molar-refractivity contribution in [2.45, 2.75) is 32.7 Å². The lowest BCUT2D eigenvalue weighted by atomic mass is 10.2. The van der Waals surface area contributed by atoms with Crippen LogP contribution in [0.25, 0.3) is 0 Å². The SMILES string of the molecule is CN=C(NCCC(=O)OC)NC(C)Cc1ccc(C)s1. The average Bonchev–Trinajstić information content (AvgIpc) is 2.82. The lowest BCUT2D eigenvalue weighted by Crippen LogP contribution is -2.43. The first-order valence-corrected chi connectivity index (χ1v) is 7.46. The van der Waals surface area contributed by atoms with Gasteiger partial charge in [0.25, 0.3) is 0 Å². The number of esters is 1. The molecule has 1 heterocycles. The molecular formula is C14H23N3O2S. The van der Waals surface area contributed by atoms with Crippen molar-refractivity contribution >= 4 is 23.3 Å². The third-order valence-corrected chi connectivity index (χ3v) is 3.78. The van der Waals surface area contributed by atoms with Crippen molar-refractivity contribution in [1.82, 2.24) is 10.6 Å². The molecule has 0 saturated carbocycles. The van der Waals surface area contributed by atoms with Gasteiger partial charge < -0.3 is 15.4 Å². The molecule has 0 spiro atoms. The molecule has 0 saturated heterocycles. The van der Waals surface area contributed by atoms with Gasteiger partial charge in [0.15, 0.2) is 5.96 Å². The van der Waals surface area contributed by atoms with E-state index < -0.39 is 0 Å². The van der Waals surface area contributed by atoms with Gasteiger partial charge in [-0.05, 0) is 26.0 Å². The van der Waals surface area contributed by atoms with Crippen molar-refractivity contribution in [1.29, 1.82) is 0 Å². The third-order valence-electron chi connectivity index (χ3n) is 2.76. The number of nitrogens with one attached hydrogen (secondary N) is 2. The van der Waals surface area contributed by atoms with Gasteiger partial charge in [-0.15, -0.1) is 11.3 Å². The van der Waals surface area contributed by atoms with Crippen LogP contribution in [0.4, 0.5) is 0 Å². The molecule has 6 heteroatoms. The number of ether oxygens (including phenoxy) is 1. The second-order valence-corrected chi connectivity index (χ2v) is 5.96. The number of hydrogen-bond donors (Lipinski definition) is 2. The molecule has 0 aliphatic rings. The highest BCUT2D eigenvalue weighted by Crippen LogP contribution is 2.16. The van der Waals surface area contributed by atoms with Crippen LogP contribution in [-0.4, -0.2) is 38.7 Å². The van der Waals surface area contributed by atoms with E-state index in [9.17, 15) is 4.79 Å². The fourth-order valence-electron chi connectivity index (χ4n) is 1.76. The Balaban J connectivity index is 2.34. The van der Waals surface area contributed by atoms with Gasteiger partial charge in [0.2, 0.25) is 0 Å². The molecule has 2 N–H and O–H groups in total. The largest absolute Gasteiger partial charge is 0.469 e. The molecule has 1 unspecified atom stereocenters. The van der Waals surface area contributed by atoms with Gasteiger partial charge in [-0.3, -0.25) is 9.79 Å². The molecule has 1 rings (SSSR count). The number of carbonyl (C=O) groups is 1. The first-order chi connectivity index (χ1) is 9.55. The van der Waals surface area contributed by atoms with Crippen LogP contribution in [0.2, 0.25) is 0 Å². The number of thiophene rings is 1. The maximum absolute atomic E-state index is 11.0. The summed E-state index contributed by atoms with van der Waals surface area (Å²) in [6, 6.07) is 4.57. The molecular weight excluding hydrogens is 274 g/mol. The molecule has 0 radical (unpaired) electrons. The van der Waals surface area contributed by atoms with Crippen molar-refractivity contribution in [3.05, 3.63) is 21.9 Å². The van der Waals surface area contributed by atoms with E-state index in [1.807, 2.05) is 11.3 Å². The predicted octanol–water partition coefficient (Wildman–Crippen LogP) is 1.72. The molecule has 0 bridgehead atoms. The molecule has 5 nitrogen and oxygen atoms in total. The van der Waals surface area contributed by atoms with E-state index in [4.69, 9.17) is 0 Å². The topological polar surface area (TPSA) is 62.7 Å². The molecule has 1 aromatic heterocycles. The number of methoxy groups -OCH3 is 1. The number of aryl methyl sites for hydroxylation is 1. The first kappa shape index (κ1) is 16.5. The Bertz CT molecular complexity index is 457. The smallest absolute Gasteiger partial charge is 0.307 e. The van der Waals surface area contributed by atoms with Gasteiger partial charge in [0.1, 0.15) is 0 Å². The Hall–Kier alpha value is -1.56. The Morgan fingerprint density at radius 3 is 2.80 bits per heavy atom. The monoisotopic (exact) mass is 297 g/mol.